The molecule has 0 aliphatic carbocycles. The Kier molecular flexibility index (Phi) is 5.16. The summed E-state index contributed by atoms with van der Waals surface area (Å²) >= 11 is 0. The van der Waals surface area contributed by atoms with E-state index in [4.69, 9.17) is 12.2 Å². The van der Waals surface area contributed by atoms with E-state index in [1.54, 1.807) is 0 Å². The van der Waals surface area contributed by atoms with Crippen molar-refractivity contribution in [2.24, 2.45) is 11.7 Å². The molecular weight excluding hydrogens is 190 g/mol. The maximum atomic E-state index is 11.4. The van der Waals surface area contributed by atoms with Gasteiger partial charge < -0.3 is 11.1 Å². The van der Waals surface area contributed by atoms with Crippen molar-refractivity contribution < 1.29 is 4.79 Å². The Morgan fingerprint density at radius 2 is 2.47 bits per heavy atom. The van der Waals surface area contributed by atoms with E-state index < -0.39 is 0 Å². The third kappa shape index (κ3) is 4.32. The molecule has 1 saturated heterocycles. The molecule has 1 heterocycles. The number of nitrogens with one attached hydrogen (secondary N) is 1. The van der Waals surface area contributed by atoms with Gasteiger partial charge in [-0.05, 0) is 31.8 Å². The lowest BCUT2D eigenvalue weighted by molar-refractivity contribution is -0.122. The molecule has 0 aromatic heterocycles. The topological polar surface area (TPSA) is 58.4 Å². The molecule has 1 amide bonds. The highest BCUT2D eigenvalue weighted by atomic mass is 16.2. The average molecular weight is 209 g/mol. The van der Waals surface area contributed by atoms with Crippen molar-refractivity contribution in [1.29, 1.82) is 0 Å². The van der Waals surface area contributed by atoms with E-state index >= 15 is 0 Å². The van der Waals surface area contributed by atoms with Gasteiger partial charge in [-0.1, -0.05) is 5.92 Å². The van der Waals surface area contributed by atoms with Gasteiger partial charge in [0.15, 0.2) is 0 Å². The van der Waals surface area contributed by atoms with Crippen LogP contribution in [0, 0.1) is 18.3 Å². The summed E-state index contributed by atoms with van der Waals surface area (Å²) < 4.78 is 0. The molecule has 1 aliphatic rings. The van der Waals surface area contributed by atoms with Gasteiger partial charge in [-0.15, -0.1) is 6.42 Å². The van der Waals surface area contributed by atoms with Gasteiger partial charge >= 0.3 is 0 Å². The van der Waals surface area contributed by atoms with Gasteiger partial charge in [0.2, 0.25) is 5.91 Å². The van der Waals surface area contributed by atoms with Crippen LogP contribution in [-0.4, -0.2) is 43.5 Å². The molecule has 1 rings (SSSR count). The van der Waals surface area contributed by atoms with E-state index in [-0.39, 0.29) is 5.91 Å². The number of carbonyl (C=O) groups is 1. The lowest BCUT2D eigenvalue weighted by Crippen LogP contribution is -2.44. The molecule has 1 unspecified atom stereocenters. The first kappa shape index (κ1) is 12.0. The number of hydrogen-bond donors (Lipinski definition) is 2. The van der Waals surface area contributed by atoms with Crippen LogP contribution in [0.4, 0.5) is 0 Å². The van der Waals surface area contributed by atoms with Crippen molar-refractivity contribution in [3.63, 3.8) is 0 Å². The Balaban J connectivity index is 2.25. The summed E-state index contributed by atoms with van der Waals surface area (Å²) in [5.74, 6) is 2.93. The third-order valence-electron chi connectivity index (χ3n) is 2.69. The summed E-state index contributed by atoms with van der Waals surface area (Å²) in [7, 11) is 0. The predicted octanol–water partition coefficient (Wildman–Crippen LogP) is -0.593. The number of hydrogen-bond acceptors (Lipinski definition) is 3. The molecule has 0 aromatic carbocycles. The summed E-state index contributed by atoms with van der Waals surface area (Å²) in [6, 6.07) is 0. The minimum atomic E-state index is 0.00521. The second kappa shape index (κ2) is 6.44. The Bertz CT molecular complexity index is 247. The molecule has 0 aromatic rings. The highest BCUT2D eigenvalue weighted by Crippen LogP contribution is 2.14. The summed E-state index contributed by atoms with van der Waals surface area (Å²) in [6.07, 6.45) is 7.37. The Hall–Kier alpha value is -1.05. The summed E-state index contributed by atoms with van der Waals surface area (Å²) in [6.45, 7) is 3.38. The smallest absolute Gasteiger partial charge is 0.234 e. The minimum absolute atomic E-state index is 0.00521. The average Bonchev–Trinajstić information content (AvgIpc) is 2.26. The van der Waals surface area contributed by atoms with Gasteiger partial charge in [0.1, 0.15) is 0 Å². The second-order valence-electron chi connectivity index (χ2n) is 3.96. The van der Waals surface area contributed by atoms with E-state index in [0.717, 1.165) is 19.5 Å². The fourth-order valence-electron chi connectivity index (χ4n) is 1.90. The Morgan fingerprint density at radius 3 is 3.13 bits per heavy atom. The van der Waals surface area contributed by atoms with Crippen LogP contribution in [0.3, 0.4) is 0 Å². The quantitative estimate of drug-likeness (QED) is 0.608. The van der Waals surface area contributed by atoms with Gasteiger partial charge in [0.25, 0.3) is 0 Å². The van der Waals surface area contributed by atoms with Gasteiger partial charge in [-0.25, -0.2) is 0 Å². The number of nitrogens with zero attached hydrogens (tertiary/aromatic N) is 1. The molecular formula is C11H19N3O. The highest BCUT2D eigenvalue weighted by molar-refractivity contribution is 5.78. The number of piperidine rings is 1. The molecule has 1 fully saturated rings. The van der Waals surface area contributed by atoms with Crippen molar-refractivity contribution in [3.05, 3.63) is 0 Å². The van der Waals surface area contributed by atoms with Crippen molar-refractivity contribution in [3.8, 4) is 12.3 Å². The number of rotatable bonds is 4. The number of nitrogens with two attached hydrogens (primary N) is 1. The van der Waals surface area contributed by atoms with E-state index in [9.17, 15) is 4.79 Å². The summed E-state index contributed by atoms with van der Waals surface area (Å²) in [5, 5.41) is 2.66. The maximum Gasteiger partial charge on any atom is 0.234 e. The normalized spacial score (nSPS) is 22.0. The first-order valence-corrected chi connectivity index (χ1v) is 5.39. The Labute approximate surface area is 91.2 Å². The van der Waals surface area contributed by atoms with E-state index in [1.807, 2.05) is 0 Å². The molecule has 0 radical (unpaired) electrons. The number of amides is 1. The van der Waals surface area contributed by atoms with E-state index in [0.29, 0.717) is 25.6 Å². The monoisotopic (exact) mass is 209 g/mol. The SMILES string of the molecule is C#CCNC(=O)CN1CCCC(CN)C1. The van der Waals surface area contributed by atoms with Gasteiger partial charge in [0, 0.05) is 6.54 Å². The maximum absolute atomic E-state index is 11.4. The Morgan fingerprint density at radius 1 is 1.67 bits per heavy atom. The van der Waals surface area contributed by atoms with Gasteiger partial charge in [-0.3, -0.25) is 9.69 Å². The van der Waals surface area contributed by atoms with Crippen LogP contribution in [0.5, 0.6) is 0 Å². The predicted molar refractivity (Wildman–Crippen MR) is 60.1 cm³/mol. The first-order chi connectivity index (χ1) is 7.26. The fraction of sp³-hybridized carbons (Fsp3) is 0.727. The van der Waals surface area contributed by atoms with Crippen molar-refractivity contribution in [1.82, 2.24) is 10.2 Å². The van der Waals surface area contributed by atoms with Gasteiger partial charge in [-0.2, -0.15) is 0 Å². The summed E-state index contributed by atoms with van der Waals surface area (Å²) in [4.78, 5) is 13.5. The molecule has 0 spiro atoms. The van der Waals surface area contributed by atoms with Crippen LogP contribution < -0.4 is 11.1 Å². The first-order valence-electron chi connectivity index (χ1n) is 5.39. The number of carbonyl (C=O) groups excluding carboxylic acids is 1. The van der Waals surface area contributed by atoms with Crippen LogP contribution in [0.15, 0.2) is 0 Å². The van der Waals surface area contributed by atoms with Crippen molar-refractivity contribution in [2.75, 3.05) is 32.7 Å². The molecule has 0 bridgehead atoms. The largest absolute Gasteiger partial charge is 0.344 e. The third-order valence-corrected chi connectivity index (χ3v) is 2.69. The molecule has 4 heteroatoms. The number of likely N-dealkylation sites (tertiary alicyclic amines) is 1. The van der Waals surface area contributed by atoms with Crippen LogP contribution >= 0.6 is 0 Å². The summed E-state index contributed by atoms with van der Waals surface area (Å²) in [5.41, 5.74) is 5.62. The zero-order chi connectivity index (χ0) is 11.1. The molecule has 84 valence electrons. The van der Waals surface area contributed by atoms with E-state index in [1.165, 1.54) is 6.42 Å². The fourth-order valence-corrected chi connectivity index (χ4v) is 1.90. The van der Waals surface area contributed by atoms with Crippen molar-refractivity contribution >= 4 is 5.91 Å². The number of terminal acetylenes is 1. The van der Waals surface area contributed by atoms with E-state index in [2.05, 4.69) is 16.1 Å². The molecule has 1 atom stereocenters. The minimum Gasteiger partial charge on any atom is -0.344 e. The second-order valence-corrected chi connectivity index (χ2v) is 3.96. The van der Waals surface area contributed by atoms with Crippen LogP contribution in [0.1, 0.15) is 12.8 Å². The van der Waals surface area contributed by atoms with Crippen LogP contribution in [0.25, 0.3) is 0 Å². The van der Waals surface area contributed by atoms with Crippen LogP contribution in [-0.2, 0) is 4.79 Å². The van der Waals surface area contributed by atoms with Gasteiger partial charge in [0.05, 0.1) is 13.1 Å². The lowest BCUT2D eigenvalue weighted by atomic mass is 9.98. The van der Waals surface area contributed by atoms with Crippen molar-refractivity contribution in [2.45, 2.75) is 12.8 Å². The standard InChI is InChI=1S/C11H19N3O/c1-2-5-13-11(15)9-14-6-3-4-10(7-12)8-14/h1,10H,3-9,12H2,(H,13,15). The molecule has 4 nitrogen and oxygen atoms in total. The molecule has 1 aliphatic heterocycles. The van der Waals surface area contributed by atoms with Crippen LogP contribution in [0.2, 0.25) is 0 Å². The zero-order valence-electron chi connectivity index (χ0n) is 9.04. The molecule has 3 N–H and O–H groups in total. The lowest BCUT2D eigenvalue weighted by Gasteiger charge is -2.31. The highest BCUT2D eigenvalue weighted by Gasteiger charge is 2.19. The molecule has 15 heavy (non-hydrogen) atoms. The zero-order valence-corrected chi connectivity index (χ0v) is 9.04. The molecule has 0 saturated carbocycles.